The van der Waals surface area contributed by atoms with Crippen molar-refractivity contribution >= 4 is 17.6 Å². The second-order valence-electron chi connectivity index (χ2n) is 8.10. The van der Waals surface area contributed by atoms with Crippen molar-refractivity contribution in [3.63, 3.8) is 0 Å². The molecule has 0 spiro atoms. The minimum Gasteiger partial charge on any atom is -0.348 e. The Labute approximate surface area is 162 Å². The van der Waals surface area contributed by atoms with Gasteiger partial charge in [-0.15, -0.1) is 0 Å². The van der Waals surface area contributed by atoms with Crippen molar-refractivity contribution in [2.45, 2.75) is 57.5 Å². The molecule has 27 heavy (non-hydrogen) atoms. The molecule has 3 rings (SSSR count). The molecule has 2 atom stereocenters. The van der Waals surface area contributed by atoms with Crippen LogP contribution in [0.4, 0.5) is 10.5 Å². The highest BCUT2D eigenvalue weighted by atomic mass is 16.2. The quantitative estimate of drug-likeness (QED) is 0.632. The number of rotatable bonds is 5. The molecule has 2 fully saturated rings. The van der Waals surface area contributed by atoms with Gasteiger partial charge in [0.05, 0.1) is 13.1 Å². The molecular formula is C21H33N4O2+. The maximum Gasteiger partial charge on any atom is 0.319 e. The van der Waals surface area contributed by atoms with Gasteiger partial charge < -0.3 is 20.9 Å². The monoisotopic (exact) mass is 373 g/mol. The molecule has 0 aromatic heterocycles. The third kappa shape index (κ3) is 6.24. The number of anilines is 1. The number of urea groups is 1. The summed E-state index contributed by atoms with van der Waals surface area (Å²) >= 11 is 0. The molecule has 1 aromatic carbocycles. The maximum absolute atomic E-state index is 12.4. The minimum absolute atomic E-state index is 0.154. The van der Waals surface area contributed by atoms with E-state index >= 15 is 0 Å². The molecule has 148 valence electrons. The van der Waals surface area contributed by atoms with Gasteiger partial charge in [0.25, 0.3) is 5.91 Å². The average molecular weight is 374 g/mol. The normalized spacial score (nSPS) is 28.2. The molecule has 1 saturated heterocycles. The van der Waals surface area contributed by atoms with Crippen molar-refractivity contribution in [2.24, 2.45) is 5.92 Å². The highest BCUT2D eigenvalue weighted by molar-refractivity contribution is 5.89. The van der Waals surface area contributed by atoms with Crippen LogP contribution in [-0.2, 0) is 4.79 Å². The molecule has 4 N–H and O–H groups in total. The van der Waals surface area contributed by atoms with Gasteiger partial charge >= 0.3 is 6.03 Å². The Hall–Kier alpha value is -2.08. The van der Waals surface area contributed by atoms with Crippen LogP contribution in [0.15, 0.2) is 30.3 Å². The SMILES string of the molecule is C[C@H]1CCCC[C@@H]1NC(=O)C[NH+]1CCC(NC(=O)Nc2ccccc2)CC1. The van der Waals surface area contributed by atoms with Crippen LogP contribution in [0.3, 0.4) is 0 Å². The van der Waals surface area contributed by atoms with Gasteiger partial charge in [-0.1, -0.05) is 38.0 Å². The van der Waals surface area contributed by atoms with Crippen LogP contribution in [-0.4, -0.2) is 43.7 Å². The summed E-state index contributed by atoms with van der Waals surface area (Å²) in [7, 11) is 0. The lowest BCUT2D eigenvalue weighted by atomic mass is 9.86. The standard InChI is InChI=1S/C21H32N4O2/c1-16-7-5-6-10-19(16)24-20(26)15-25-13-11-18(12-14-25)23-21(27)22-17-8-3-2-4-9-17/h2-4,8-9,16,18-19H,5-7,10-15H2,1H3,(H,24,26)(H2,22,23,27)/p+1/t16-,19-/m0/s1. The summed E-state index contributed by atoms with van der Waals surface area (Å²) in [5, 5.41) is 9.16. The minimum atomic E-state index is -0.154. The summed E-state index contributed by atoms with van der Waals surface area (Å²) in [6, 6.07) is 9.85. The van der Waals surface area contributed by atoms with Gasteiger partial charge in [-0.2, -0.15) is 0 Å². The smallest absolute Gasteiger partial charge is 0.319 e. The van der Waals surface area contributed by atoms with E-state index in [1.165, 1.54) is 24.2 Å². The summed E-state index contributed by atoms with van der Waals surface area (Å²) in [4.78, 5) is 25.8. The van der Waals surface area contributed by atoms with Crippen molar-refractivity contribution in [3.8, 4) is 0 Å². The number of quaternary nitrogens is 1. The lowest BCUT2D eigenvalue weighted by molar-refractivity contribution is -0.897. The predicted octanol–water partition coefficient (Wildman–Crippen LogP) is 1.55. The molecule has 1 aromatic rings. The van der Waals surface area contributed by atoms with Crippen LogP contribution >= 0.6 is 0 Å². The third-order valence-electron chi connectivity index (χ3n) is 5.93. The zero-order valence-corrected chi connectivity index (χ0v) is 16.3. The van der Waals surface area contributed by atoms with Gasteiger partial charge in [0, 0.05) is 30.6 Å². The van der Waals surface area contributed by atoms with Gasteiger partial charge in [-0.3, -0.25) is 4.79 Å². The van der Waals surface area contributed by atoms with Crippen molar-refractivity contribution in [1.82, 2.24) is 10.6 Å². The molecule has 6 heteroatoms. The number of carbonyl (C=O) groups is 2. The molecule has 0 unspecified atom stereocenters. The molecular weight excluding hydrogens is 340 g/mol. The Kier molecular flexibility index (Phi) is 7.10. The van der Waals surface area contributed by atoms with Gasteiger partial charge in [0.15, 0.2) is 6.54 Å². The van der Waals surface area contributed by atoms with E-state index in [2.05, 4.69) is 22.9 Å². The predicted molar refractivity (Wildman–Crippen MR) is 107 cm³/mol. The molecule has 1 aliphatic carbocycles. The lowest BCUT2D eigenvalue weighted by Gasteiger charge is -2.32. The Morgan fingerprint density at radius 3 is 2.41 bits per heavy atom. The second kappa shape index (κ2) is 9.74. The number of hydrogen-bond donors (Lipinski definition) is 4. The molecule has 3 amide bonds. The molecule has 0 radical (unpaired) electrons. The fourth-order valence-electron chi connectivity index (χ4n) is 4.24. The van der Waals surface area contributed by atoms with Crippen molar-refractivity contribution in [1.29, 1.82) is 0 Å². The zero-order valence-electron chi connectivity index (χ0n) is 16.3. The van der Waals surface area contributed by atoms with Crippen LogP contribution in [0.25, 0.3) is 0 Å². The summed E-state index contributed by atoms with van der Waals surface area (Å²) in [6.07, 6.45) is 6.67. The van der Waals surface area contributed by atoms with Gasteiger partial charge in [0.2, 0.25) is 0 Å². The number of hydrogen-bond acceptors (Lipinski definition) is 2. The van der Waals surface area contributed by atoms with E-state index in [0.29, 0.717) is 18.5 Å². The first-order valence-electron chi connectivity index (χ1n) is 10.4. The highest BCUT2D eigenvalue weighted by Gasteiger charge is 2.27. The van der Waals surface area contributed by atoms with E-state index in [9.17, 15) is 9.59 Å². The lowest BCUT2D eigenvalue weighted by Crippen LogP contribution is -3.14. The topological polar surface area (TPSA) is 74.7 Å². The molecule has 1 aliphatic heterocycles. The number of piperidine rings is 1. The van der Waals surface area contributed by atoms with Crippen molar-refractivity contribution in [2.75, 3.05) is 25.0 Å². The van der Waals surface area contributed by atoms with Crippen LogP contribution in [0.1, 0.15) is 45.4 Å². The van der Waals surface area contributed by atoms with Crippen LogP contribution in [0.2, 0.25) is 0 Å². The van der Waals surface area contributed by atoms with E-state index in [4.69, 9.17) is 0 Å². The van der Waals surface area contributed by atoms with Crippen molar-refractivity contribution in [3.05, 3.63) is 30.3 Å². The van der Waals surface area contributed by atoms with E-state index in [1.807, 2.05) is 30.3 Å². The molecule has 6 nitrogen and oxygen atoms in total. The zero-order chi connectivity index (χ0) is 19.1. The Morgan fingerprint density at radius 2 is 1.70 bits per heavy atom. The highest BCUT2D eigenvalue weighted by Crippen LogP contribution is 2.23. The number of likely N-dealkylation sites (tertiary alicyclic amines) is 1. The summed E-state index contributed by atoms with van der Waals surface area (Å²) in [5.41, 5.74) is 0.798. The number of nitrogens with one attached hydrogen (secondary N) is 4. The van der Waals surface area contributed by atoms with E-state index in [1.54, 1.807) is 0 Å². The first-order chi connectivity index (χ1) is 13.1. The molecule has 1 saturated carbocycles. The van der Waals surface area contributed by atoms with Gasteiger partial charge in [-0.25, -0.2) is 4.79 Å². The van der Waals surface area contributed by atoms with Crippen LogP contribution in [0.5, 0.6) is 0 Å². The maximum atomic E-state index is 12.4. The summed E-state index contributed by atoms with van der Waals surface area (Å²) < 4.78 is 0. The number of benzene rings is 1. The molecule has 0 bridgehead atoms. The Balaban J connectivity index is 1.34. The molecule has 2 aliphatic rings. The fourth-order valence-corrected chi connectivity index (χ4v) is 4.24. The number of para-hydroxylation sites is 1. The Morgan fingerprint density at radius 1 is 1.00 bits per heavy atom. The number of carbonyl (C=O) groups excluding carboxylic acids is 2. The third-order valence-corrected chi connectivity index (χ3v) is 5.93. The van der Waals surface area contributed by atoms with Gasteiger partial charge in [0.1, 0.15) is 0 Å². The number of amides is 3. The largest absolute Gasteiger partial charge is 0.348 e. The summed E-state index contributed by atoms with van der Waals surface area (Å²) in [6.45, 7) is 4.63. The first-order valence-corrected chi connectivity index (χ1v) is 10.4. The van der Waals surface area contributed by atoms with Crippen LogP contribution in [0, 0.1) is 5.92 Å². The average Bonchev–Trinajstić information content (AvgIpc) is 2.66. The fraction of sp³-hybridized carbons (Fsp3) is 0.619. The van der Waals surface area contributed by atoms with Crippen LogP contribution < -0.4 is 20.9 Å². The first kappa shape index (κ1) is 19.7. The Bertz CT molecular complexity index is 614. The van der Waals surface area contributed by atoms with Gasteiger partial charge in [-0.05, 0) is 30.9 Å². The second-order valence-corrected chi connectivity index (χ2v) is 8.10. The van der Waals surface area contributed by atoms with E-state index in [-0.39, 0.29) is 18.0 Å². The van der Waals surface area contributed by atoms with E-state index in [0.717, 1.165) is 38.0 Å². The molecule has 1 heterocycles. The summed E-state index contributed by atoms with van der Waals surface area (Å²) in [5.74, 6) is 0.771. The van der Waals surface area contributed by atoms with Crippen molar-refractivity contribution < 1.29 is 14.5 Å². The van der Waals surface area contributed by atoms with E-state index < -0.39 is 0 Å².